The van der Waals surface area contributed by atoms with E-state index in [4.69, 9.17) is 4.74 Å². The number of nitriles is 1. The van der Waals surface area contributed by atoms with Gasteiger partial charge in [-0.05, 0) is 24.6 Å². The van der Waals surface area contributed by atoms with E-state index in [1.165, 1.54) is 0 Å². The molecule has 1 saturated heterocycles. The van der Waals surface area contributed by atoms with Crippen molar-refractivity contribution in [3.63, 3.8) is 0 Å². The number of benzene rings is 1. The Balaban J connectivity index is 2.19. The van der Waals surface area contributed by atoms with E-state index in [1.54, 1.807) is 18.2 Å². The fraction of sp³-hybridized carbons (Fsp3) is 0.462. The van der Waals surface area contributed by atoms with Crippen molar-refractivity contribution in [1.82, 2.24) is 4.90 Å². The number of morpholine rings is 1. The minimum absolute atomic E-state index is 0.150. The van der Waals surface area contributed by atoms with Crippen molar-refractivity contribution in [2.45, 2.75) is 19.1 Å². The average molecular weight is 232 g/mol. The molecule has 0 aromatic heterocycles. The molecule has 1 aliphatic rings. The Morgan fingerprint density at radius 2 is 2.41 bits per heavy atom. The predicted molar refractivity (Wildman–Crippen MR) is 63.4 cm³/mol. The largest absolute Gasteiger partial charge is 0.508 e. The van der Waals surface area contributed by atoms with Crippen LogP contribution in [0.1, 0.15) is 18.5 Å². The third-order valence-electron chi connectivity index (χ3n) is 2.95. The second-order valence-electron chi connectivity index (χ2n) is 4.30. The molecule has 0 spiro atoms. The highest BCUT2D eigenvalue weighted by molar-refractivity contribution is 5.32. The molecule has 2 rings (SSSR count). The van der Waals surface area contributed by atoms with Gasteiger partial charge in [0.1, 0.15) is 11.8 Å². The number of nitrogens with zero attached hydrogens (tertiary/aromatic N) is 2. The number of aromatic hydroxyl groups is 1. The lowest BCUT2D eigenvalue weighted by molar-refractivity contribution is -0.0269. The van der Waals surface area contributed by atoms with E-state index in [0.29, 0.717) is 6.61 Å². The van der Waals surface area contributed by atoms with Gasteiger partial charge in [0.15, 0.2) is 0 Å². The fourth-order valence-electron chi connectivity index (χ4n) is 2.14. The third kappa shape index (κ3) is 2.76. The minimum atomic E-state index is -0.312. The number of ether oxygens (including phenoxy) is 1. The summed E-state index contributed by atoms with van der Waals surface area (Å²) >= 11 is 0. The summed E-state index contributed by atoms with van der Waals surface area (Å²) in [5.74, 6) is 0.198. The van der Waals surface area contributed by atoms with E-state index in [0.717, 1.165) is 18.7 Å². The van der Waals surface area contributed by atoms with Gasteiger partial charge in [0, 0.05) is 13.1 Å². The van der Waals surface area contributed by atoms with Crippen LogP contribution in [0.3, 0.4) is 0 Å². The Morgan fingerprint density at radius 3 is 3.06 bits per heavy atom. The van der Waals surface area contributed by atoms with Crippen LogP contribution < -0.4 is 0 Å². The Morgan fingerprint density at radius 1 is 1.59 bits per heavy atom. The Labute approximate surface area is 101 Å². The van der Waals surface area contributed by atoms with Crippen molar-refractivity contribution in [1.29, 1.82) is 5.26 Å². The number of phenols is 1. The molecule has 0 saturated carbocycles. The third-order valence-corrected chi connectivity index (χ3v) is 2.95. The Bertz CT molecular complexity index is 428. The monoisotopic (exact) mass is 232 g/mol. The standard InChI is InChI=1S/C13H16N2O2/c1-10-9-15(5-6-17-10)13(8-14)11-3-2-4-12(16)7-11/h2-4,7,10,13,16H,5-6,9H2,1H3/t10-,13+/m1/s1. The number of phenolic OH excluding ortho intramolecular Hbond substituents is 1. The second kappa shape index (κ2) is 5.17. The molecular formula is C13H16N2O2. The molecule has 1 aliphatic heterocycles. The molecule has 0 aliphatic carbocycles. The van der Waals surface area contributed by atoms with Crippen molar-refractivity contribution in [2.24, 2.45) is 0 Å². The van der Waals surface area contributed by atoms with Gasteiger partial charge in [0.2, 0.25) is 0 Å². The van der Waals surface area contributed by atoms with E-state index < -0.39 is 0 Å². The summed E-state index contributed by atoms with van der Waals surface area (Å²) in [6.45, 7) is 4.15. The molecule has 0 radical (unpaired) electrons. The molecule has 2 atom stereocenters. The van der Waals surface area contributed by atoms with Crippen LogP contribution in [-0.4, -0.2) is 35.8 Å². The first-order valence-corrected chi connectivity index (χ1v) is 5.75. The SMILES string of the molecule is C[C@@H]1CN([C@@H](C#N)c2cccc(O)c2)CCO1. The van der Waals surface area contributed by atoms with Crippen molar-refractivity contribution in [3.8, 4) is 11.8 Å². The molecule has 1 heterocycles. The predicted octanol–water partition coefficient (Wildman–Crippen LogP) is 1.68. The number of hydrogen-bond acceptors (Lipinski definition) is 4. The summed E-state index contributed by atoms with van der Waals surface area (Å²) in [5, 5.41) is 18.7. The molecule has 0 unspecified atom stereocenters. The molecule has 1 aromatic carbocycles. The van der Waals surface area contributed by atoms with E-state index in [2.05, 4.69) is 11.0 Å². The highest BCUT2D eigenvalue weighted by atomic mass is 16.5. The Hall–Kier alpha value is -1.57. The molecule has 0 bridgehead atoms. The van der Waals surface area contributed by atoms with Crippen LogP contribution in [0.2, 0.25) is 0 Å². The zero-order chi connectivity index (χ0) is 12.3. The zero-order valence-corrected chi connectivity index (χ0v) is 9.84. The Kier molecular flexibility index (Phi) is 3.62. The van der Waals surface area contributed by atoms with Crippen molar-refractivity contribution in [2.75, 3.05) is 19.7 Å². The molecular weight excluding hydrogens is 216 g/mol. The molecule has 17 heavy (non-hydrogen) atoms. The van der Waals surface area contributed by atoms with Crippen LogP contribution in [0.5, 0.6) is 5.75 Å². The van der Waals surface area contributed by atoms with Crippen molar-refractivity contribution < 1.29 is 9.84 Å². The smallest absolute Gasteiger partial charge is 0.124 e. The summed E-state index contributed by atoms with van der Waals surface area (Å²) in [4.78, 5) is 2.09. The van der Waals surface area contributed by atoms with Gasteiger partial charge in [0.25, 0.3) is 0 Å². The molecule has 1 aromatic rings. The first-order chi connectivity index (χ1) is 8.20. The van der Waals surface area contributed by atoms with Gasteiger partial charge >= 0.3 is 0 Å². The van der Waals surface area contributed by atoms with Gasteiger partial charge in [-0.3, -0.25) is 4.90 Å². The van der Waals surface area contributed by atoms with Crippen LogP contribution in [0, 0.1) is 11.3 Å². The van der Waals surface area contributed by atoms with Crippen molar-refractivity contribution in [3.05, 3.63) is 29.8 Å². The average Bonchev–Trinajstić information content (AvgIpc) is 2.30. The second-order valence-corrected chi connectivity index (χ2v) is 4.30. The topological polar surface area (TPSA) is 56.5 Å². The lowest BCUT2D eigenvalue weighted by Gasteiger charge is -2.34. The first kappa shape index (κ1) is 11.9. The lowest BCUT2D eigenvalue weighted by Crippen LogP contribution is -2.42. The maximum Gasteiger partial charge on any atom is 0.124 e. The molecule has 90 valence electrons. The summed E-state index contributed by atoms with van der Waals surface area (Å²) in [5.41, 5.74) is 0.835. The van der Waals surface area contributed by atoms with Crippen LogP contribution >= 0.6 is 0 Å². The maximum atomic E-state index is 9.46. The molecule has 4 nitrogen and oxygen atoms in total. The van der Waals surface area contributed by atoms with Crippen LogP contribution in [0.4, 0.5) is 0 Å². The number of hydrogen-bond donors (Lipinski definition) is 1. The van der Waals surface area contributed by atoms with Gasteiger partial charge in [-0.1, -0.05) is 12.1 Å². The summed E-state index contributed by atoms with van der Waals surface area (Å²) in [6.07, 6.45) is 0.150. The van der Waals surface area contributed by atoms with Crippen molar-refractivity contribution >= 4 is 0 Å². The lowest BCUT2D eigenvalue weighted by atomic mass is 10.1. The first-order valence-electron chi connectivity index (χ1n) is 5.75. The summed E-state index contributed by atoms with van der Waals surface area (Å²) in [7, 11) is 0. The van der Waals surface area contributed by atoms with Gasteiger partial charge in [-0.25, -0.2) is 0 Å². The number of rotatable bonds is 2. The van der Waals surface area contributed by atoms with Crippen LogP contribution in [-0.2, 0) is 4.74 Å². The van der Waals surface area contributed by atoms with Gasteiger partial charge in [-0.15, -0.1) is 0 Å². The highest BCUT2D eigenvalue weighted by Gasteiger charge is 2.25. The normalized spacial score (nSPS) is 22.9. The molecule has 1 N–H and O–H groups in total. The molecule has 1 fully saturated rings. The zero-order valence-electron chi connectivity index (χ0n) is 9.84. The van der Waals surface area contributed by atoms with Gasteiger partial charge in [-0.2, -0.15) is 5.26 Å². The highest BCUT2D eigenvalue weighted by Crippen LogP contribution is 2.24. The molecule has 4 heteroatoms. The summed E-state index contributed by atoms with van der Waals surface area (Å²) in [6, 6.07) is 8.87. The minimum Gasteiger partial charge on any atom is -0.508 e. The van der Waals surface area contributed by atoms with Gasteiger partial charge in [0.05, 0.1) is 18.8 Å². The van der Waals surface area contributed by atoms with E-state index >= 15 is 0 Å². The van der Waals surface area contributed by atoms with Crippen LogP contribution in [0.25, 0.3) is 0 Å². The quantitative estimate of drug-likeness (QED) is 0.842. The maximum absolute atomic E-state index is 9.46. The summed E-state index contributed by atoms with van der Waals surface area (Å²) < 4.78 is 5.46. The molecule has 0 amide bonds. The van der Waals surface area contributed by atoms with Crippen LogP contribution in [0.15, 0.2) is 24.3 Å². The van der Waals surface area contributed by atoms with Gasteiger partial charge < -0.3 is 9.84 Å². The van der Waals surface area contributed by atoms with E-state index in [1.807, 2.05) is 13.0 Å². The van der Waals surface area contributed by atoms with E-state index in [-0.39, 0.29) is 17.9 Å². The fourth-order valence-corrected chi connectivity index (χ4v) is 2.14. The van der Waals surface area contributed by atoms with E-state index in [9.17, 15) is 10.4 Å².